The van der Waals surface area contributed by atoms with Crippen LogP contribution in [0.1, 0.15) is 44.6 Å². The van der Waals surface area contributed by atoms with E-state index in [0.29, 0.717) is 0 Å². The van der Waals surface area contributed by atoms with Gasteiger partial charge >= 0.3 is 0 Å². The molecule has 2 saturated heterocycles. The molecule has 7 nitrogen and oxygen atoms in total. The maximum Gasteiger partial charge on any atom is 0.0947 e. The predicted octanol–water partition coefficient (Wildman–Crippen LogP) is 2.19. The molecule has 1 aromatic rings. The Morgan fingerprint density at radius 3 is 2.17 bits per heavy atom. The molecule has 1 saturated carbocycles. The molecule has 1 aliphatic carbocycles. The molecule has 2 aliphatic heterocycles. The number of nitrogens with zero attached hydrogens (tertiary/aromatic N) is 4. The molecule has 3 fully saturated rings. The monoisotopic (exact) mass is 439 g/mol. The van der Waals surface area contributed by atoms with Crippen molar-refractivity contribution >= 4 is 11.1 Å². The zero-order valence-corrected chi connectivity index (χ0v) is 19.4. The second kappa shape index (κ2) is 12.9. The highest BCUT2D eigenvalue weighted by Gasteiger charge is 2.24. The van der Waals surface area contributed by atoms with E-state index < -0.39 is 11.1 Å². The smallest absolute Gasteiger partial charge is 0.0947 e. The van der Waals surface area contributed by atoms with Crippen molar-refractivity contribution in [2.24, 2.45) is 0 Å². The number of likely N-dealkylation sites (N-methyl/N-ethyl adjacent to an activating group) is 1. The molecule has 30 heavy (non-hydrogen) atoms. The van der Waals surface area contributed by atoms with Crippen LogP contribution in [0.3, 0.4) is 0 Å². The van der Waals surface area contributed by atoms with Gasteiger partial charge in [-0.05, 0) is 36.5 Å². The second-order valence-electron chi connectivity index (χ2n) is 8.72. The average Bonchev–Trinajstić information content (AvgIpc) is 3.29. The number of hydrogen-bond donors (Lipinski definition) is 0. The largest absolute Gasteiger partial charge is 0.771 e. The van der Waals surface area contributed by atoms with Crippen molar-refractivity contribution in [3.05, 3.63) is 24.2 Å². The van der Waals surface area contributed by atoms with Gasteiger partial charge < -0.3 is 13.9 Å². The Morgan fingerprint density at radius 1 is 0.967 bits per heavy atom. The molecule has 1 unspecified atom stereocenters. The van der Waals surface area contributed by atoms with E-state index in [4.69, 9.17) is 4.42 Å². The highest BCUT2D eigenvalue weighted by molar-refractivity contribution is 7.79. The van der Waals surface area contributed by atoms with Gasteiger partial charge in [-0.1, -0.05) is 26.2 Å². The molecule has 1 aromatic heterocycles. The maximum absolute atomic E-state index is 10.6. The Morgan fingerprint density at radius 2 is 1.60 bits per heavy atom. The Labute approximate surface area is 184 Å². The summed E-state index contributed by atoms with van der Waals surface area (Å²) in [7, 11) is 0. The van der Waals surface area contributed by atoms with Crippen LogP contribution in [0, 0.1) is 0 Å². The normalized spacial score (nSPS) is 24.3. The van der Waals surface area contributed by atoms with Crippen LogP contribution >= 0.6 is 0 Å². The fourth-order valence-electron chi connectivity index (χ4n) is 4.76. The van der Waals surface area contributed by atoms with E-state index >= 15 is 0 Å². The van der Waals surface area contributed by atoms with Crippen molar-refractivity contribution in [2.45, 2.75) is 51.6 Å². The molecule has 0 radical (unpaired) electrons. The molecule has 0 bridgehead atoms. The van der Waals surface area contributed by atoms with E-state index in [9.17, 15) is 8.76 Å². The van der Waals surface area contributed by atoms with Gasteiger partial charge in [-0.2, -0.15) is 0 Å². The maximum atomic E-state index is 10.6. The first-order valence-corrected chi connectivity index (χ1v) is 12.9. The number of furan rings is 1. The minimum absolute atomic E-state index is 0.207. The van der Waals surface area contributed by atoms with E-state index in [1.807, 2.05) is 17.2 Å². The summed E-state index contributed by atoms with van der Waals surface area (Å²) in [6, 6.07) is 2.82. The van der Waals surface area contributed by atoms with Crippen LogP contribution in [0.25, 0.3) is 0 Å². The molecule has 0 amide bonds. The summed E-state index contributed by atoms with van der Waals surface area (Å²) < 4.78 is 26.3. The molecule has 3 heterocycles. The molecular formula is C22H39N4O3S-. The van der Waals surface area contributed by atoms with Crippen LogP contribution in [-0.2, 0) is 17.6 Å². The first-order chi connectivity index (χ1) is 14.6. The van der Waals surface area contributed by atoms with Crippen LogP contribution in [0.15, 0.2) is 23.0 Å². The van der Waals surface area contributed by atoms with E-state index in [1.54, 1.807) is 6.26 Å². The summed E-state index contributed by atoms with van der Waals surface area (Å²) in [4.78, 5) is 9.56. The lowest BCUT2D eigenvalue weighted by molar-refractivity contribution is 0.0873. The van der Waals surface area contributed by atoms with Gasteiger partial charge in [-0.15, -0.1) is 0 Å². The second-order valence-corrected chi connectivity index (χ2v) is 9.59. The van der Waals surface area contributed by atoms with Gasteiger partial charge in [-0.25, -0.2) is 0 Å². The fraction of sp³-hybridized carbons (Fsp3) is 0.818. The quantitative estimate of drug-likeness (QED) is 0.630. The highest BCUT2D eigenvalue weighted by atomic mass is 32.2. The summed E-state index contributed by atoms with van der Waals surface area (Å²) >= 11 is -1.92. The zero-order chi connectivity index (χ0) is 21.2. The average molecular weight is 440 g/mol. The van der Waals surface area contributed by atoms with Crippen LogP contribution in [-0.4, -0.2) is 99.2 Å². The number of piperazine rings is 2. The van der Waals surface area contributed by atoms with E-state index in [-0.39, 0.29) is 5.88 Å². The van der Waals surface area contributed by atoms with Crippen molar-refractivity contribution < 1.29 is 13.2 Å². The lowest BCUT2D eigenvalue weighted by Gasteiger charge is -2.40. The number of rotatable bonds is 6. The van der Waals surface area contributed by atoms with Gasteiger partial charge in [-0.3, -0.25) is 18.9 Å². The Hall–Kier alpha value is -0.770. The van der Waals surface area contributed by atoms with Gasteiger partial charge in [0.25, 0.3) is 0 Å². The summed E-state index contributed by atoms with van der Waals surface area (Å²) in [5.41, 5.74) is 1.29. The first kappa shape index (κ1) is 23.9. The molecule has 4 rings (SSSR count). The molecule has 8 heteroatoms. The summed E-state index contributed by atoms with van der Waals surface area (Å²) in [6.45, 7) is 13.1. The van der Waals surface area contributed by atoms with Crippen molar-refractivity contribution in [3.8, 4) is 0 Å². The lowest BCUT2D eigenvalue weighted by atomic mass is 9.94. The molecular weight excluding hydrogens is 400 g/mol. The van der Waals surface area contributed by atoms with Gasteiger partial charge in [0.1, 0.15) is 0 Å². The van der Waals surface area contributed by atoms with Crippen LogP contribution < -0.4 is 0 Å². The minimum atomic E-state index is -1.92. The number of hydrogen-bond acceptors (Lipinski definition) is 7. The highest BCUT2D eigenvalue weighted by Crippen LogP contribution is 2.23. The van der Waals surface area contributed by atoms with Gasteiger partial charge in [0, 0.05) is 70.5 Å². The Bertz CT molecular complexity index is 594. The SMILES string of the molecule is CCN1CCN(Cc2ccoc2)CC1.O=S([O-])CN1CCN(C2CCCCC2)CC1. The van der Waals surface area contributed by atoms with Crippen molar-refractivity contribution in [1.82, 2.24) is 19.6 Å². The Kier molecular flexibility index (Phi) is 10.3. The van der Waals surface area contributed by atoms with E-state index in [0.717, 1.165) is 38.8 Å². The minimum Gasteiger partial charge on any atom is -0.771 e. The van der Waals surface area contributed by atoms with Gasteiger partial charge in [0.05, 0.1) is 18.4 Å². The third-order valence-electron chi connectivity index (χ3n) is 6.68. The third-order valence-corrected chi connectivity index (χ3v) is 7.26. The van der Waals surface area contributed by atoms with Crippen molar-refractivity contribution in [1.29, 1.82) is 0 Å². The van der Waals surface area contributed by atoms with E-state index in [1.165, 1.54) is 70.4 Å². The van der Waals surface area contributed by atoms with Gasteiger partial charge in [0.15, 0.2) is 0 Å². The van der Waals surface area contributed by atoms with Crippen LogP contribution in [0.5, 0.6) is 0 Å². The molecule has 0 aromatic carbocycles. The van der Waals surface area contributed by atoms with Crippen LogP contribution in [0.4, 0.5) is 0 Å². The topological polar surface area (TPSA) is 66.2 Å². The summed E-state index contributed by atoms with van der Waals surface area (Å²) in [5, 5.41) is 0. The fourth-order valence-corrected chi connectivity index (χ4v) is 5.31. The Balaban J connectivity index is 0.000000172. The summed E-state index contributed by atoms with van der Waals surface area (Å²) in [5.74, 6) is 0.207. The first-order valence-electron chi connectivity index (χ1n) is 11.6. The lowest BCUT2D eigenvalue weighted by Crippen LogP contribution is -2.51. The molecule has 1 atom stereocenters. The predicted molar refractivity (Wildman–Crippen MR) is 120 cm³/mol. The van der Waals surface area contributed by atoms with Crippen molar-refractivity contribution in [2.75, 3.05) is 64.8 Å². The van der Waals surface area contributed by atoms with Gasteiger partial charge in [0.2, 0.25) is 0 Å². The summed E-state index contributed by atoms with van der Waals surface area (Å²) in [6.07, 6.45) is 10.4. The molecule has 3 aliphatic rings. The standard InChI is InChI=1S/C11H22N2O2S.C11H18N2O/c14-16(15)10-12-6-8-13(9-7-12)11-4-2-1-3-5-11;1-2-12-4-6-13(7-5-12)9-11-3-8-14-10-11/h11H,1-10H2,(H,14,15);3,8,10H,2,4-7,9H2,1H3/p-1. The molecule has 172 valence electrons. The third kappa shape index (κ3) is 8.05. The van der Waals surface area contributed by atoms with Crippen molar-refractivity contribution in [3.63, 3.8) is 0 Å². The van der Waals surface area contributed by atoms with E-state index in [2.05, 4.69) is 21.6 Å². The zero-order valence-electron chi connectivity index (χ0n) is 18.5. The van der Waals surface area contributed by atoms with Crippen LogP contribution in [0.2, 0.25) is 0 Å². The molecule has 0 N–H and O–H groups in total. The molecule has 0 spiro atoms.